The molecule has 0 spiro atoms. The van der Waals surface area contributed by atoms with Crippen molar-refractivity contribution in [1.29, 1.82) is 0 Å². The van der Waals surface area contributed by atoms with Crippen LogP contribution in [0.5, 0.6) is 0 Å². The SMILES string of the molecule is CC(O)CN(CCc1nc(-c2ccccc2)no1)C1CCCCC1. The molecule has 2 aromatic rings. The first-order chi connectivity index (χ1) is 11.7. The van der Waals surface area contributed by atoms with E-state index < -0.39 is 0 Å². The van der Waals surface area contributed by atoms with E-state index in [2.05, 4.69) is 15.0 Å². The maximum Gasteiger partial charge on any atom is 0.228 e. The average molecular weight is 329 g/mol. The van der Waals surface area contributed by atoms with E-state index in [1.165, 1.54) is 32.1 Å². The van der Waals surface area contributed by atoms with Crippen LogP contribution in [0, 0.1) is 0 Å². The summed E-state index contributed by atoms with van der Waals surface area (Å²) in [6, 6.07) is 10.5. The second kappa shape index (κ2) is 8.40. The predicted molar refractivity (Wildman–Crippen MR) is 93.6 cm³/mol. The highest BCUT2D eigenvalue weighted by Gasteiger charge is 2.22. The van der Waals surface area contributed by atoms with Crippen LogP contribution in [-0.4, -0.2) is 45.4 Å². The van der Waals surface area contributed by atoms with Crippen LogP contribution in [-0.2, 0) is 6.42 Å². The molecule has 1 atom stereocenters. The van der Waals surface area contributed by atoms with Crippen molar-refractivity contribution < 1.29 is 9.63 Å². The quantitative estimate of drug-likeness (QED) is 0.844. The van der Waals surface area contributed by atoms with Crippen molar-refractivity contribution in [2.75, 3.05) is 13.1 Å². The van der Waals surface area contributed by atoms with Crippen molar-refractivity contribution in [1.82, 2.24) is 15.0 Å². The Bertz CT molecular complexity index is 606. The number of aliphatic hydroxyl groups is 1. The standard InChI is InChI=1S/C19H27N3O2/c1-15(23)14-22(17-10-6-3-7-11-17)13-12-18-20-19(21-24-18)16-8-4-2-5-9-16/h2,4-5,8-9,15,17,23H,3,6-7,10-14H2,1H3. The molecule has 1 saturated carbocycles. The molecule has 0 radical (unpaired) electrons. The van der Waals surface area contributed by atoms with Gasteiger partial charge in [-0.2, -0.15) is 4.98 Å². The lowest BCUT2D eigenvalue weighted by Gasteiger charge is -2.34. The summed E-state index contributed by atoms with van der Waals surface area (Å²) in [5.74, 6) is 1.31. The van der Waals surface area contributed by atoms with Gasteiger partial charge in [-0.25, -0.2) is 0 Å². The highest BCUT2D eigenvalue weighted by atomic mass is 16.5. The molecule has 0 aliphatic heterocycles. The Morgan fingerprint density at radius 2 is 1.96 bits per heavy atom. The van der Waals surface area contributed by atoms with Gasteiger partial charge in [0.25, 0.3) is 0 Å². The van der Waals surface area contributed by atoms with E-state index in [1.54, 1.807) is 0 Å². The number of aromatic nitrogens is 2. The summed E-state index contributed by atoms with van der Waals surface area (Å²) in [5.41, 5.74) is 0.973. The number of aliphatic hydroxyl groups excluding tert-OH is 1. The zero-order chi connectivity index (χ0) is 16.8. The Hall–Kier alpha value is -1.72. The zero-order valence-electron chi connectivity index (χ0n) is 14.4. The largest absolute Gasteiger partial charge is 0.392 e. The minimum Gasteiger partial charge on any atom is -0.392 e. The zero-order valence-corrected chi connectivity index (χ0v) is 14.4. The summed E-state index contributed by atoms with van der Waals surface area (Å²) >= 11 is 0. The van der Waals surface area contributed by atoms with Crippen LogP contribution in [0.3, 0.4) is 0 Å². The first kappa shape index (κ1) is 17.1. The second-order valence-corrected chi connectivity index (χ2v) is 6.76. The number of hydrogen-bond acceptors (Lipinski definition) is 5. The van der Waals surface area contributed by atoms with Gasteiger partial charge in [0.05, 0.1) is 6.10 Å². The van der Waals surface area contributed by atoms with E-state index in [-0.39, 0.29) is 6.10 Å². The normalized spacial score (nSPS) is 17.3. The Kier molecular flexibility index (Phi) is 5.99. The molecule has 1 aliphatic rings. The van der Waals surface area contributed by atoms with Crippen molar-refractivity contribution in [3.05, 3.63) is 36.2 Å². The van der Waals surface area contributed by atoms with Crippen LogP contribution in [0.15, 0.2) is 34.9 Å². The molecule has 5 heteroatoms. The monoisotopic (exact) mass is 329 g/mol. The third-order valence-electron chi connectivity index (χ3n) is 4.70. The van der Waals surface area contributed by atoms with Crippen molar-refractivity contribution in [2.24, 2.45) is 0 Å². The molecule has 1 aliphatic carbocycles. The van der Waals surface area contributed by atoms with E-state index in [4.69, 9.17) is 4.52 Å². The Morgan fingerprint density at radius 3 is 2.67 bits per heavy atom. The van der Waals surface area contributed by atoms with Gasteiger partial charge in [-0.3, -0.25) is 4.90 Å². The van der Waals surface area contributed by atoms with Crippen LogP contribution in [0.2, 0.25) is 0 Å². The molecule has 1 aromatic heterocycles. The lowest BCUT2D eigenvalue weighted by molar-refractivity contribution is 0.0815. The summed E-state index contributed by atoms with van der Waals surface area (Å²) in [6.45, 7) is 3.42. The lowest BCUT2D eigenvalue weighted by Crippen LogP contribution is -2.42. The molecular formula is C19H27N3O2. The molecule has 0 amide bonds. The molecule has 0 saturated heterocycles. The molecule has 130 valence electrons. The molecule has 5 nitrogen and oxygen atoms in total. The minimum atomic E-state index is -0.311. The van der Waals surface area contributed by atoms with Crippen molar-refractivity contribution in [3.8, 4) is 11.4 Å². The van der Waals surface area contributed by atoms with E-state index in [1.807, 2.05) is 37.3 Å². The lowest BCUT2D eigenvalue weighted by atomic mass is 9.94. The van der Waals surface area contributed by atoms with Gasteiger partial charge in [0.2, 0.25) is 11.7 Å². The van der Waals surface area contributed by atoms with Gasteiger partial charge in [0.15, 0.2) is 0 Å². The molecule has 1 fully saturated rings. The third kappa shape index (κ3) is 4.65. The van der Waals surface area contributed by atoms with Crippen LogP contribution in [0.4, 0.5) is 0 Å². The van der Waals surface area contributed by atoms with Crippen LogP contribution in [0.25, 0.3) is 11.4 Å². The number of rotatable bonds is 7. The van der Waals surface area contributed by atoms with E-state index in [0.717, 1.165) is 18.5 Å². The van der Waals surface area contributed by atoms with E-state index in [9.17, 15) is 5.11 Å². The first-order valence-corrected chi connectivity index (χ1v) is 9.02. The highest BCUT2D eigenvalue weighted by Crippen LogP contribution is 2.23. The molecule has 0 bridgehead atoms. The fraction of sp³-hybridized carbons (Fsp3) is 0.579. The summed E-state index contributed by atoms with van der Waals surface area (Å²) in [6.07, 6.45) is 6.79. The average Bonchev–Trinajstić information content (AvgIpc) is 3.09. The summed E-state index contributed by atoms with van der Waals surface area (Å²) in [5, 5.41) is 13.9. The van der Waals surface area contributed by atoms with Crippen LogP contribution in [0.1, 0.15) is 44.9 Å². The number of nitrogens with zero attached hydrogens (tertiary/aromatic N) is 3. The fourth-order valence-electron chi connectivity index (χ4n) is 3.51. The van der Waals surface area contributed by atoms with Crippen molar-refractivity contribution in [3.63, 3.8) is 0 Å². The molecule has 1 N–H and O–H groups in total. The number of hydrogen-bond donors (Lipinski definition) is 1. The molecule has 3 rings (SSSR count). The molecular weight excluding hydrogens is 302 g/mol. The van der Waals surface area contributed by atoms with Crippen LogP contribution < -0.4 is 0 Å². The van der Waals surface area contributed by atoms with Gasteiger partial charge in [-0.1, -0.05) is 54.8 Å². The van der Waals surface area contributed by atoms with Gasteiger partial charge in [-0.15, -0.1) is 0 Å². The summed E-state index contributed by atoms with van der Waals surface area (Å²) in [4.78, 5) is 6.91. The highest BCUT2D eigenvalue weighted by molar-refractivity contribution is 5.53. The Balaban J connectivity index is 1.60. The molecule has 1 aromatic carbocycles. The molecule has 1 heterocycles. The maximum atomic E-state index is 9.81. The van der Waals surface area contributed by atoms with Gasteiger partial charge in [0.1, 0.15) is 0 Å². The predicted octanol–water partition coefficient (Wildman–Crippen LogP) is 3.29. The molecule has 1 unspecified atom stereocenters. The van der Waals surface area contributed by atoms with Gasteiger partial charge in [-0.05, 0) is 19.8 Å². The topological polar surface area (TPSA) is 62.4 Å². The molecule has 24 heavy (non-hydrogen) atoms. The maximum absolute atomic E-state index is 9.81. The van der Waals surface area contributed by atoms with Gasteiger partial charge >= 0.3 is 0 Å². The summed E-state index contributed by atoms with van der Waals surface area (Å²) in [7, 11) is 0. The smallest absolute Gasteiger partial charge is 0.228 e. The van der Waals surface area contributed by atoms with Gasteiger partial charge < -0.3 is 9.63 Å². The van der Waals surface area contributed by atoms with Crippen molar-refractivity contribution >= 4 is 0 Å². The first-order valence-electron chi connectivity index (χ1n) is 9.02. The summed E-state index contributed by atoms with van der Waals surface area (Å²) < 4.78 is 5.41. The van der Waals surface area contributed by atoms with Crippen LogP contribution >= 0.6 is 0 Å². The fourth-order valence-corrected chi connectivity index (χ4v) is 3.51. The second-order valence-electron chi connectivity index (χ2n) is 6.76. The Morgan fingerprint density at radius 1 is 1.21 bits per heavy atom. The Labute approximate surface area is 143 Å². The van der Waals surface area contributed by atoms with E-state index in [0.29, 0.717) is 24.3 Å². The van der Waals surface area contributed by atoms with E-state index >= 15 is 0 Å². The van der Waals surface area contributed by atoms with Crippen molar-refractivity contribution in [2.45, 2.75) is 57.6 Å². The van der Waals surface area contributed by atoms with Gasteiger partial charge in [0, 0.05) is 31.1 Å². The third-order valence-corrected chi connectivity index (χ3v) is 4.70. The number of benzene rings is 1. The minimum absolute atomic E-state index is 0.311.